The lowest BCUT2D eigenvalue weighted by atomic mass is 10.2. The van der Waals surface area contributed by atoms with Crippen LogP contribution in [0.3, 0.4) is 0 Å². The average Bonchev–Trinajstić information content (AvgIpc) is 2.87. The van der Waals surface area contributed by atoms with Crippen LogP contribution in [0.25, 0.3) is 16.8 Å². The van der Waals surface area contributed by atoms with Gasteiger partial charge in [-0.1, -0.05) is 6.07 Å². The highest BCUT2D eigenvalue weighted by Crippen LogP contribution is 2.25. The molecule has 0 aliphatic heterocycles. The first-order valence-corrected chi connectivity index (χ1v) is 6.70. The molecule has 0 aliphatic rings. The number of halogens is 1. The molecule has 0 aliphatic carbocycles. The second kappa shape index (κ2) is 4.38. The van der Waals surface area contributed by atoms with Crippen LogP contribution in [-0.4, -0.2) is 25.0 Å². The Balaban J connectivity index is 2.17. The Morgan fingerprint density at radius 2 is 2.26 bits per heavy atom. The van der Waals surface area contributed by atoms with Gasteiger partial charge in [0.1, 0.15) is 5.52 Å². The lowest BCUT2D eigenvalue weighted by Gasteiger charge is -1.99. The summed E-state index contributed by atoms with van der Waals surface area (Å²) in [7, 11) is 1.91. The minimum atomic E-state index is -0.786. The molecule has 1 aromatic carbocycles. The zero-order valence-corrected chi connectivity index (χ0v) is 11.9. The molecule has 2 aromatic heterocycles. The van der Waals surface area contributed by atoms with Crippen molar-refractivity contribution in [3.05, 3.63) is 34.6 Å². The van der Waals surface area contributed by atoms with Crippen molar-refractivity contribution in [1.82, 2.24) is 14.0 Å². The van der Waals surface area contributed by atoms with Crippen LogP contribution in [-0.2, 0) is 18.3 Å². The fourth-order valence-electron chi connectivity index (χ4n) is 2.27. The summed E-state index contributed by atoms with van der Waals surface area (Å²) < 4.78 is 4.90. The molecule has 0 spiro atoms. The number of hydrogen-bond acceptors (Lipinski definition) is 2. The topological polar surface area (TPSA) is 59.5 Å². The summed E-state index contributed by atoms with van der Waals surface area (Å²) >= 11 is 3.49. The number of rotatable bonds is 3. The van der Waals surface area contributed by atoms with Crippen molar-refractivity contribution in [3.8, 4) is 0 Å². The summed E-state index contributed by atoms with van der Waals surface area (Å²) in [6.45, 7) is 0. The standard InChI is InChI=1S/C13H12BrN3O2/c1-16-8(5-6-11(18)19)7-17-10-4-2-3-9(14)12(10)15-13(16)17/h2-4,7H,5-6H2,1H3,(H,18,19). The number of carboxylic acids is 1. The number of carboxylic acid groups (broad SMARTS) is 1. The minimum Gasteiger partial charge on any atom is -0.481 e. The molecule has 0 fully saturated rings. The number of para-hydroxylation sites is 1. The molecular formula is C13H12BrN3O2. The third-order valence-corrected chi connectivity index (χ3v) is 3.90. The lowest BCUT2D eigenvalue weighted by Crippen LogP contribution is -2.02. The van der Waals surface area contributed by atoms with Gasteiger partial charge in [-0.15, -0.1) is 0 Å². The lowest BCUT2D eigenvalue weighted by molar-refractivity contribution is -0.136. The van der Waals surface area contributed by atoms with E-state index in [1.165, 1.54) is 0 Å². The summed E-state index contributed by atoms with van der Waals surface area (Å²) in [4.78, 5) is 15.3. The number of benzene rings is 1. The Morgan fingerprint density at radius 3 is 3.00 bits per heavy atom. The molecule has 98 valence electrons. The smallest absolute Gasteiger partial charge is 0.303 e. The van der Waals surface area contributed by atoms with Gasteiger partial charge in [-0.2, -0.15) is 0 Å². The molecule has 5 nitrogen and oxygen atoms in total. The van der Waals surface area contributed by atoms with Gasteiger partial charge in [0, 0.05) is 23.4 Å². The van der Waals surface area contributed by atoms with Crippen LogP contribution in [0.5, 0.6) is 0 Å². The molecule has 3 rings (SSSR count). The van der Waals surface area contributed by atoms with Gasteiger partial charge in [-0.25, -0.2) is 4.98 Å². The summed E-state index contributed by atoms with van der Waals surface area (Å²) in [5.74, 6) is 0.0359. The third kappa shape index (κ3) is 1.92. The zero-order chi connectivity index (χ0) is 13.6. The van der Waals surface area contributed by atoms with Gasteiger partial charge >= 0.3 is 5.97 Å². The van der Waals surface area contributed by atoms with Crippen molar-refractivity contribution in [3.63, 3.8) is 0 Å². The molecule has 19 heavy (non-hydrogen) atoms. The maximum atomic E-state index is 10.7. The van der Waals surface area contributed by atoms with E-state index in [0.717, 1.165) is 27.0 Å². The first kappa shape index (κ1) is 12.2. The van der Waals surface area contributed by atoms with Crippen LogP contribution in [0.2, 0.25) is 0 Å². The third-order valence-electron chi connectivity index (χ3n) is 3.26. The molecular weight excluding hydrogens is 310 g/mol. The Bertz CT molecular complexity index is 788. The van der Waals surface area contributed by atoms with Crippen molar-refractivity contribution in [2.75, 3.05) is 0 Å². The Morgan fingerprint density at radius 1 is 1.47 bits per heavy atom. The van der Waals surface area contributed by atoms with E-state index in [9.17, 15) is 4.79 Å². The molecule has 0 unspecified atom stereocenters. The van der Waals surface area contributed by atoms with Crippen molar-refractivity contribution in [2.45, 2.75) is 12.8 Å². The van der Waals surface area contributed by atoms with E-state index < -0.39 is 5.97 Å². The van der Waals surface area contributed by atoms with Crippen molar-refractivity contribution < 1.29 is 9.90 Å². The molecule has 3 aromatic rings. The summed E-state index contributed by atoms with van der Waals surface area (Å²) in [6.07, 6.45) is 2.59. The first-order chi connectivity index (χ1) is 9.08. The van der Waals surface area contributed by atoms with E-state index >= 15 is 0 Å². The number of imidazole rings is 2. The highest BCUT2D eigenvalue weighted by Gasteiger charge is 2.13. The number of aryl methyl sites for hydroxylation is 2. The Hall–Kier alpha value is -1.82. The number of fused-ring (bicyclic) bond motifs is 3. The fourth-order valence-corrected chi connectivity index (χ4v) is 2.71. The van der Waals surface area contributed by atoms with Crippen molar-refractivity contribution >= 4 is 38.7 Å². The molecule has 1 N–H and O–H groups in total. The average molecular weight is 322 g/mol. The SMILES string of the molecule is Cn1c(CCC(=O)O)cn2c3cccc(Br)c3nc12. The van der Waals surface area contributed by atoms with E-state index in [-0.39, 0.29) is 6.42 Å². The quantitative estimate of drug-likeness (QED) is 0.806. The van der Waals surface area contributed by atoms with E-state index in [1.807, 2.05) is 40.4 Å². The van der Waals surface area contributed by atoms with Crippen LogP contribution >= 0.6 is 15.9 Å². The van der Waals surface area contributed by atoms with Crippen LogP contribution in [0.1, 0.15) is 12.1 Å². The summed E-state index contributed by atoms with van der Waals surface area (Å²) in [5.41, 5.74) is 2.89. The normalized spacial score (nSPS) is 11.5. The van der Waals surface area contributed by atoms with Crippen LogP contribution in [0.15, 0.2) is 28.9 Å². The highest BCUT2D eigenvalue weighted by molar-refractivity contribution is 9.10. The van der Waals surface area contributed by atoms with Gasteiger partial charge in [-0.05, 0) is 34.5 Å². The molecule has 0 atom stereocenters. The van der Waals surface area contributed by atoms with E-state index in [1.54, 1.807) is 0 Å². The first-order valence-electron chi connectivity index (χ1n) is 5.90. The van der Waals surface area contributed by atoms with Crippen molar-refractivity contribution in [1.29, 1.82) is 0 Å². The van der Waals surface area contributed by atoms with Crippen LogP contribution < -0.4 is 0 Å². The zero-order valence-electron chi connectivity index (χ0n) is 10.3. The van der Waals surface area contributed by atoms with Gasteiger partial charge in [0.25, 0.3) is 0 Å². The van der Waals surface area contributed by atoms with E-state index in [0.29, 0.717) is 6.42 Å². The molecule has 0 saturated carbocycles. The maximum absolute atomic E-state index is 10.7. The van der Waals surface area contributed by atoms with Gasteiger partial charge < -0.3 is 9.67 Å². The monoisotopic (exact) mass is 321 g/mol. The molecule has 0 bridgehead atoms. The fraction of sp³-hybridized carbons (Fsp3) is 0.231. The number of aromatic nitrogens is 3. The maximum Gasteiger partial charge on any atom is 0.303 e. The molecule has 0 radical (unpaired) electrons. The molecule has 2 heterocycles. The van der Waals surface area contributed by atoms with Crippen LogP contribution in [0.4, 0.5) is 0 Å². The Kier molecular flexibility index (Phi) is 2.82. The second-order valence-electron chi connectivity index (χ2n) is 4.46. The Labute approximate surface area is 117 Å². The number of nitrogens with zero attached hydrogens (tertiary/aromatic N) is 3. The van der Waals surface area contributed by atoms with E-state index in [2.05, 4.69) is 20.9 Å². The van der Waals surface area contributed by atoms with Gasteiger partial charge in [-0.3, -0.25) is 9.20 Å². The number of hydrogen-bond donors (Lipinski definition) is 1. The molecule has 6 heteroatoms. The summed E-state index contributed by atoms with van der Waals surface area (Å²) in [5, 5.41) is 8.76. The minimum absolute atomic E-state index is 0.128. The second-order valence-corrected chi connectivity index (χ2v) is 5.32. The molecule has 0 saturated heterocycles. The van der Waals surface area contributed by atoms with Gasteiger partial charge in [0.15, 0.2) is 0 Å². The predicted molar refractivity (Wildman–Crippen MR) is 75.3 cm³/mol. The number of aliphatic carboxylic acids is 1. The largest absolute Gasteiger partial charge is 0.481 e. The van der Waals surface area contributed by atoms with Gasteiger partial charge in [0.2, 0.25) is 5.78 Å². The highest BCUT2D eigenvalue weighted by atomic mass is 79.9. The predicted octanol–water partition coefficient (Wildman–Crippen LogP) is 2.61. The summed E-state index contributed by atoms with van der Waals surface area (Å²) in [6, 6.07) is 5.92. The van der Waals surface area contributed by atoms with Crippen LogP contribution in [0, 0.1) is 0 Å². The number of carbonyl (C=O) groups is 1. The van der Waals surface area contributed by atoms with E-state index in [4.69, 9.17) is 5.11 Å². The van der Waals surface area contributed by atoms with Gasteiger partial charge in [0.05, 0.1) is 11.9 Å². The molecule has 0 amide bonds. The van der Waals surface area contributed by atoms with Crippen molar-refractivity contribution in [2.24, 2.45) is 7.05 Å².